The first-order chi connectivity index (χ1) is 17.7. The third-order valence-corrected chi connectivity index (χ3v) is 6.46. The molecule has 0 N–H and O–H groups in total. The van der Waals surface area contributed by atoms with E-state index in [1.807, 2.05) is 78.9 Å². The predicted octanol–water partition coefficient (Wildman–Crippen LogP) is 7.74. The van der Waals surface area contributed by atoms with E-state index < -0.39 is 42.7 Å². The number of fused-ring (bicyclic) bond motifs is 3. The molecule has 0 fully saturated rings. The van der Waals surface area contributed by atoms with E-state index in [4.69, 9.17) is 12.3 Å². The normalized spacial score (nSPS) is 19.7. The summed E-state index contributed by atoms with van der Waals surface area (Å²) in [6.07, 6.45) is 0. The molecule has 0 heterocycles. The summed E-state index contributed by atoms with van der Waals surface area (Å²) in [5.41, 5.74) is 0.789. The highest BCUT2D eigenvalue weighted by molar-refractivity contribution is 9.10. The third-order valence-electron chi connectivity index (χ3n) is 5.80. The monoisotopic (exact) mass is 447 g/mol. The van der Waals surface area contributed by atoms with Crippen molar-refractivity contribution in [3.8, 4) is 11.1 Å². The van der Waals surface area contributed by atoms with Crippen LogP contribution in [0.3, 0.4) is 0 Å². The van der Waals surface area contributed by atoms with Crippen LogP contribution in [-0.2, 0) is 5.41 Å². The minimum absolute atomic E-state index is 0.274. The number of aryl methyl sites for hydroxylation is 1. The van der Waals surface area contributed by atoms with Gasteiger partial charge in [-0.15, -0.1) is 0 Å². The minimum Gasteiger partial charge on any atom is -0.0622 e. The Balaban J connectivity index is 2.16. The van der Waals surface area contributed by atoms with Crippen LogP contribution >= 0.6 is 15.9 Å². The molecule has 5 rings (SSSR count). The van der Waals surface area contributed by atoms with Crippen molar-refractivity contribution < 1.29 is 12.3 Å². The fraction of sp³-hybridized carbons (Fsp3) is 0.143. The van der Waals surface area contributed by atoms with Crippen molar-refractivity contribution in [3.05, 3.63) is 128 Å². The molecule has 1 heteroatoms. The van der Waals surface area contributed by atoms with Crippen LogP contribution in [0.25, 0.3) is 11.1 Å². The molecule has 0 bridgehead atoms. The molecule has 0 amide bonds. The maximum atomic E-state index is 8.61. The van der Waals surface area contributed by atoms with E-state index in [0.29, 0.717) is 15.6 Å². The van der Waals surface area contributed by atoms with Crippen LogP contribution in [-0.4, -0.2) is 0 Å². The molecule has 0 nitrogen and oxygen atoms in total. The van der Waals surface area contributed by atoms with E-state index in [9.17, 15) is 0 Å². The second-order valence-corrected chi connectivity index (χ2v) is 8.10. The molecule has 0 saturated heterocycles. The Morgan fingerprint density at radius 2 is 1.38 bits per heavy atom. The molecular formula is C28H23Br. The SMILES string of the molecule is [2H]C([2H])([2H])c1cc2c(c(C([2H])([2H])[2H])c1C([2H])([2H])[2H])C(c1ccccc1)(c1ccccc1)c1cccc(Br)c1-2. The molecule has 0 spiro atoms. The number of benzene rings is 4. The Labute approximate surface area is 194 Å². The lowest BCUT2D eigenvalue weighted by Gasteiger charge is -2.35. The summed E-state index contributed by atoms with van der Waals surface area (Å²) in [5, 5.41) is 0. The summed E-state index contributed by atoms with van der Waals surface area (Å²) >= 11 is 3.63. The van der Waals surface area contributed by atoms with Gasteiger partial charge in [0.05, 0.1) is 5.41 Å². The molecule has 0 atom stereocenters. The highest BCUT2D eigenvalue weighted by atomic mass is 79.9. The number of hydrogen-bond acceptors (Lipinski definition) is 0. The summed E-state index contributed by atoms with van der Waals surface area (Å²) in [6.45, 7) is -8.78. The van der Waals surface area contributed by atoms with E-state index >= 15 is 0 Å². The van der Waals surface area contributed by atoms with Gasteiger partial charge in [0.2, 0.25) is 0 Å². The Morgan fingerprint density at radius 3 is 1.97 bits per heavy atom. The molecule has 1 aliphatic carbocycles. The summed E-state index contributed by atoms with van der Waals surface area (Å²) in [7, 11) is 0. The second kappa shape index (κ2) is 6.71. The zero-order valence-electron chi connectivity index (χ0n) is 24.5. The minimum atomic E-state index is -2.99. The van der Waals surface area contributed by atoms with Gasteiger partial charge in [-0.05, 0) is 71.1 Å². The molecule has 0 unspecified atom stereocenters. The maximum absolute atomic E-state index is 8.61. The Kier molecular flexibility index (Phi) is 2.53. The van der Waals surface area contributed by atoms with Gasteiger partial charge in [-0.1, -0.05) is 94.8 Å². The third kappa shape index (κ3) is 2.44. The topological polar surface area (TPSA) is 0 Å². The van der Waals surface area contributed by atoms with E-state index in [1.165, 1.54) is 6.07 Å². The van der Waals surface area contributed by atoms with Gasteiger partial charge in [0, 0.05) is 22.4 Å². The summed E-state index contributed by atoms with van der Waals surface area (Å²) in [6, 6.07) is 25.6. The van der Waals surface area contributed by atoms with Crippen LogP contribution in [0.4, 0.5) is 0 Å². The first-order valence-corrected chi connectivity index (χ1v) is 10.1. The van der Waals surface area contributed by atoms with Crippen LogP contribution in [0.15, 0.2) is 89.4 Å². The Bertz CT molecular complexity index is 1480. The average Bonchev–Trinajstić information content (AvgIpc) is 3.14. The zero-order chi connectivity index (χ0) is 27.7. The van der Waals surface area contributed by atoms with Crippen LogP contribution in [0, 0.1) is 20.6 Å². The zero-order valence-corrected chi connectivity index (χ0v) is 17.0. The van der Waals surface area contributed by atoms with Crippen molar-refractivity contribution in [2.45, 2.75) is 26.0 Å². The molecule has 0 aliphatic heterocycles. The first-order valence-electron chi connectivity index (χ1n) is 13.8. The van der Waals surface area contributed by atoms with Gasteiger partial charge in [0.25, 0.3) is 0 Å². The van der Waals surface area contributed by atoms with Crippen LogP contribution in [0.5, 0.6) is 0 Å². The van der Waals surface area contributed by atoms with E-state index in [-0.39, 0.29) is 5.56 Å². The standard InChI is InChI=1S/C28H23Br/c1-18-17-23-26-24(15-10-16-25(26)29)28(21-11-6-4-7-12-21,22-13-8-5-9-14-22)27(23)20(3)19(18)2/h4-17H,1-3H3/i1D3,2D3,3D3. The van der Waals surface area contributed by atoms with E-state index in [1.54, 1.807) is 0 Å². The van der Waals surface area contributed by atoms with Crippen molar-refractivity contribution in [2.75, 3.05) is 0 Å². The molecule has 4 aromatic carbocycles. The van der Waals surface area contributed by atoms with Gasteiger partial charge in [0.1, 0.15) is 0 Å². The van der Waals surface area contributed by atoms with Gasteiger partial charge in [-0.2, -0.15) is 0 Å². The predicted molar refractivity (Wildman–Crippen MR) is 126 cm³/mol. The maximum Gasteiger partial charge on any atom is 0.0716 e. The van der Waals surface area contributed by atoms with E-state index in [0.717, 1.165) is 16.7 Å². The lowest BCUT2D eigenvalue weighted by atomic mass is 9.66. The van der Waals surface area contributed by atoms with Gasteiger partial charge >= 0.3 is 0 Å². The van der Waals surface area contributed by atoms with E-state index in [2.05, 4.69) is 15.9 Å². The second-order valence-electron chi connectivity index (χ2n) is 7.24. The van der Waals surface area contributed by atoms with Crippen molar-refractivity contribution in [3.63, 3.8) is 0 Å². The lowest BCUT2D eigenvalue weighted by molar-refractivity contribution is 0.759. The van der Waals surface area contributed by atoms with Gasteiger partial charge in [-0.25, -0.2) is 0 Å². The number of hydrogen-bond donors (Lipinski definition) is 0. The fourth-order valence-corrected chi connectivity index (χ4v) is 5.24. The van der Waals surface area contributed by atoms with Gasteiger partial charge in [-0.3, -0.25) is 0 Å². The molecule has 4 aromatic rings. The summed E-state index contributed by atoms with van der Waals surface area (Å²) in [4.78, 5) is 0. The smallest absolute Gasteiger partial charge is 0.0622 e. The van der Waals surface area contributed by atoms with Gasteiger partial charge in [0.15, 0.2) is 0 Å². The largest absolute Gasteiger partial charge is 0.0716 e. The van der Waals surface area contributed by atoms with Crippen molar-refractivity contribution in [1.29, 1.82) is 0 Å². The fourth-order valence-electron chi connectivity index (χ4n) is 4.66. The van der Waals surface area contributed by atoms with Crippen molar-refractivity contribution >= 4 is 15.9 Å². The van der Waals surface area contributed by atoms with Crippen LogP contribution in [0.1, 0.15) is 51.3 Å². The highest BCUT2D eigenvalue weighted by Crippen LogP contribution is 2.59. The molecule has 142 valence electrons. The Hall–Kier alpha value is -2.64. The first kappa shape index (κ1) is 10.9. The average molecular weight is 448 g/mol. The highest BCUT2D eigenvalue weighted by Gasteiger charge is 2.47. The summed E-state index contributed by atoms with van der Waals surface area (Å²) < 4.78 is 76.2. The van der Waals surface area contributed by atoms with Crippen LogP contribution < -0.4 is 0 Å². The number of rotatable bonds is 2. The van der Waals surface area contributed by atoms with Crippen LogP contribution in [0.2, 0.25) is 0 Å². The van der Waals surface area contributed by atoms with Crippen molar-refractivity contribution in [2.24, 2.45) is 0 Å². The molecule has 0 aromatic heterocycles. The molecule has 1 aliphatic rings. The number of halogens is 1. The summed E-state index contributed by atoms with van der Waals surface area (Å²) in [5.74, 6) is 0. The quantitative estimate of drug-likeness (QED) is 0.259. The Morgan fingerprint density at radius 1 is 0.724 bits per heavy atom. The van der Waals surface area contributed by atoms with Crippen molar-refractivity contribution in [1.82, 2.24) is 0 Å². The molecule has 29 heavy (non-hydrogen) atoms. The van der Waals surface area contributed by atoms with Gasteiger partial charge < -0.3 is 0 Å². The lowest BCUT2D eigenvalue weighted by Crippen LogP contribution is -2.29. The molecule has 0 saturated carbocycles. The molecule has 0 radical (unpaired) electrons. The molecular weight excluding hydrogens is 416 g/mol.